The van der Waals surface area contributed by atoms with Gasteiger partial charge in [0.25, 0.3) is 0 Å². The van der Waals surface area contributed by atoms with Gasteiger partial charge in [0, 0.05) is 41.9 Å². The molecule has 3 heterocycles. The van der Waals surface area contributed by atoms with E-state index in [1.54, 1.807) is 0 Å². The Morgan fingerprint density at radius 1 is 1.03 bits per heavy atom. The molecule has 39 heavy (non-hydrogen) atoms. The molecule has 1 saturated heterocycles. The van der Waals surface area contributed by atoms with Crippen LogP contribution in [0.25, 0.3) is 5.69 Å². The number of aryl methyl sites for hydroxylation is 3. The number of nitrogens with zero attached hydrogens (tertiary/aromatic N) is 3. The molecule has 0 bridgehead atoms. The largest absolute Gasteiger partial charge is 0.352 e. The molecular formula is C32H35N5OS. The van der Waals surface area contributed by atoms with Gasteiger partial charge in [0.15, 0.2) is 5.11 Å². The molecule has 2 N–H and O–H groups in total. The smallest absolute Gasteiger partial charge is 0.226 e. The molecule has 1 aliphatic rings. The lowest BCUT2D eigenvalue weighted by Crippen LogP contribution is -2.32. The molecule has 0 radical (unpaired) electrons. The Kier molecular flexibility index (Phi) is 7.79. The van der Waals surface area contributed by atoms with Crippen molar-refractivity contribution in [3.05, 3.63) is 113 Å². The van der Waals surface area contributed by atoms with Crippen molar-refractivity contribution in [3.63, 3.8) is 0 Å². The first-order chi connectivity index (χ1) is 18.9. The molecule has 1 amide bonds. The fourth-order valence-corrected chi connectivity index (χ4v) is 5.97. The van der Waals surface area contributed by atoms with E-state index in [2.05, 4.69) is 76.2 Å². The second kappa shape index (κ2) is 11.4. The maximum Gasteiger partial charge on any atom is 0.226 e. The minimum Gasteiger partial charge on any atom is -0.352 e. The second-order valence-corrected chi connectivity index (χ2v) is 10.5. The fourth-order valence-electron chi connectivity index (χ4n) is 5.64. The number of rotatable bonds is 8. The molecule has 6 nitrogen and oxygen atoms in total. The van der Waals surface area contributed by atoms with E-state index in [-0.39, 0.29) is 18.0 Å². The van der Waals surface area contributed by atoms with E-state index < -0.39 is 0 Å². The molecule has 0 saturated carbocycles. The predicted octanol–water partition coefficient (Wildman–Crippen LogP) is 6.36. The molecular weight excluding hydrogens is 502 g/mol. The summed E-state index contributed by atoms with van der Waals surface area (Å²) < 4.78 is 2.34. The number of amides is 1. The Hall–Kier alpha value is -3.97. The SMILES string of the molecule is CCc1ccccc1-n1c(C)cc([C@@H]2[C@H](c3ccccn3)NC(=S)N2CCC(=O)Nc2cccc(C)c2)c1C. The Labute approximate surface area is 236 Å². The Morgan fingerprint density at radius 2 is 1.82 bits per heavy atom. The molecule has 2 aromatic heterocycles. The number of para-hydroxylation sites is 1. The molecule has 1 fully saturated rings. The lowest BCUT2D eigenvalue weighted by atomic mass is 9.96. The number of aromatic nitrogens is 2. The highest BCUT2D eigenvalue weighted by atomic mass is 32.1. The van der Waals surface area contributed by atoms with E-state index in [0.717, 1.165) is 29.1 Å². The lowest BCUT2D eigenvalue weighted by molar-refractivity contribution is -0.116. The summed E-state index contributed by atoms with van der Waals surface area (Å²) >= 11 is 5.86. The van der Waals surface area contributed by atoms with Crippen molar-refractivity contribution in [1.82, 2.24) is 19.8 Å². The number of hydrogen-bond acceptors (Lipinski definition) is 3. The van der Waals surface area contributed by atoms with E-state index in [4.69, 9.17) is 12.2 Å². The number of anilines is 1. The molecule has 1 aliphatic heterocycles. The van der Waals surface area contributed by atoms with Gasteiger partial charge in [0.1, 0.15) is 0 Å². The van der Waals surface area contributed by atoms with Crippen LogP contribution in [0.4, 0.5) is 5.69 Å². The van der Waals surface area contributed by atoms with E-state index in [9.17, 15) is 4.79 Å². The molecule has 2 aromatic carbocycles. The van der Waals surface area contributed by atoms with Crippen LogP contribution in [0.2, 0.25) is 0 Å². The van der Waals surface area contributed by atoms with Crippen LogP contribution in [0.3, 0.4) is 0 Å². The van der Waals surface area contributed by atoms with Crippen molar-refractivity contribution in [2.45, 2.75) is 52.6 Å². The Morgan fingerprint density at radius 3 is 2.56 bits per heavy atom. The Bertz CT molecular complexity index is 1500. The quantitative estimate of drug-likeness (QED) is 0.256. The highest BCUT2D eigenvalue weighted by Gasteiger charge is 2.41. The van der Waals surface area contributed by atoms with Gasteiger partial charge in [0.05, 0.1) is 17.8 Å². The van der Waals surface area contributed by atoms with Crippen LogP contribution in [0.15, 0.2) is 79.0 Å². The van der Waals surface area contributed by atoms with E-state index in [1.165, 1.54) is 22.5 Å². The van der Waals surface area contributed by atoms with Gasteiger partial charge in [-0.1, -0.05) is 43.3 Å². The van der Waals surface area contributed by atoms with E-state index >= 15 is 0 Å². The summed E-state index contributed by atoms with van der Waals surface area (Å²) in [7, 11) is 0. The third-order valence-corrected chi connectivity index (χ3v) is 7.83. The first-order valence-corrected chi connectivity index (χ1v) is 13.9. The highest BCUT2D eigenvalue weighted by Crippen LogP contribution is 2.41. The van der Waals surface area contributed by atoms with Crippen LogP contribution < -0.4 is 10.6 Å². The number of hydrogen-bond donors (Lipinski definition) is 2. The van der Waals surface area contributed by atoms with Gasteiger partial charge in [-0.3, -0.25) is 9.78 Å². The van der Waals surface area contributed by atoms with Gasteiger partial charge in [-0.25, -0.2) is 0 Å². The molecule has 0 spiro atoms. The molecule has 0 aliphatic carbocycles. The molecule has 200 valence electrons. The first-order valence-electron chi connectivity index (χ1n) is 13.5. The van der Waals surface area contributed by atoms with Gasteiger partial charge in [-0.15, -0.1) is 0 Å². The van der Waals surface area contributed by atoms with Crippen molar-refractivity contribution in [3.8, 4) is 5.69 Å². The zero-order valence-corrected chi connectivity index (χ0v) is 23.8. The summed E-state index contributed by atoms with van der Waals surface area (Å²) in [6, 6.07) is 24.4. The van der Waals surface area contributed by atoms with Gasteiger partial charge >= 0.3 is 0 Å². The summed E-state index contributed by atoms with van der Waals surface area (Å²) in [5.41, 5.74) is 8.86. The predicted molar refractivity (Wildman–Crippen MR) is 161 cm³/mol. The average molecular weight is 538 g/mol. The zero-order chi connectivity index (χ0) is 27.5. The lowest BCUT2D eigenvalue weighted by Gasteiger charge is -2.28. The summed E-state index contributed by atoms with van der Waals surface area (Å²) in [5.74, 6) is -0.0363. The molecule has 7 heteroatoms. The van der Waals surface area contributed by atoms with Crippen molar-refractivity contribution in [2.75, 3.05) is 11.9 Å². The van der Waals surface area contributed by atoms with Crippen molar-refractivity contribution in [1.29, 1.82) is 0 Å². The Balaban J connectivity index is 1.49. The summed E-state index contributed by atoms with van der Waals surface area (Å²) in [6.45, 7) is 9.02. The molecule has 0 unspecified atom stereocenters. The van der Waals surface area contributed by atoms with E-state index in [1.807, 2.05) is 55.6 Å². The standard InChI is InChI=1S/C32H35N5OS/c1-5-24-12-6-7-15-28(24)37-22(3)20-26(23(37)4)31-30(27-14-8-9-17-33-27)35-32(39)36(31)18-16-29(38)34-25-13-10-11-21(2)19-25/h6-15,17,19-20,30-31H,5,16,18H2,1-4H3,(H,34,38)(H,35,39)/t30-,31+/m0/s1. The third kappa shape index (κ3) is 5.45. The molecule has 4 aromatic rings. The minimum atomic E-state index is -0.131. The molecule has 5 rings (SSSR count). The number of nitrogens with one attached hydrogen (secondary N) is 2. The number of pyridine rings is 1. The topological polar surface area (TPSA) is 62.2 Å². The second-order valence-electron chi connectivity index (χ2n) is 10.1. The van der Waals surface area contributed by atoms with Gasteiger partial charge in [-0.05, 0) is 92.5 Å². The van der Waals surface area contributed by atoms with Gasteiger partial charge in [0.2, 0.25) is 5.91 Å². The van der Waals surface area contributed by atoms with Crippen molar-refractivity contribution < 1.29 is 4.79 Å². The van der Waals surface area contributed by atoms with Crippen LogP contribution in [0.5, 0.6) is 0 Å². The first kappa shape index (κ1) is 26.6. The maximum atomic E-state index is 12.9. The fraction of sp³-hybridized carbons (Fsp3) is 0.281. The monoisotopic (exact) mass is 537 g/mol. The van der Waals surface area contributed by atoms with Crippen LogP contribution in [-0.2, 0) is 11.2 Å². The summed E-state index contributed by atoms with van der Waals surface area (Å²) in [6.07, 6.45) is 3.09. The highest BCUT2D eigenvalue weighted by molar-refractivity contribution is 7.80. The third-order valence-electron chi connectivity index (χ3n) is 7.48. The number of carbonyl (C=O) groups is 1. The summed E-state index contributed by atoms with van der Waals surface area (Å²) in [4.78, 5) is 19.8. The maximum absolute atomic E-state index is 12.9. The normalized spacial score (nSPS) is 16.8. The van der Waals surface area contributed by atoms with Crippen LogP contribution in [-0.4, -0.2) is 32.0 Å². The number of carbonyl (C=O) groups excluding carboxylic acids is 1. The van der Waals surface area contributed by atoms with Crippen LogP contribution in [0, 0.1) is 20.8 Å². The summed E-state index contributed by atoms with van der Waals surface area (Å²) in [5, 5.41) is 7.19. The van der Waals surface area contributed by atoms with Crippen LogP contribution in [0.1, 0.15) is 59.2 Å². The van der Waals surface area contributed by atoms with E-state index in [0.29, 0.717) is 18.1 Å². The van der Waals surface area contributed by atoms with Crippen LogP contribution >= 0.6 is 12.2 Å². The number of thiocarbonyl (C=S) groups is 1. The zero-order valence-electron chi connectivity index (χ0n) is 22.9. The van der Waals surface area contributed by atoms with Gasteiger partial charge in [-0.2, -0.15) is 0 Å². The average Bonchev–Trinajstić information content (AvgIpc) is 3.42. The van der Waals surface area contributed by atoms with Gasteiger partial charge < -0.3 is 20.1 Å². The molecule has 2 atom stereocenters. The number of benzene rings is 2. The van der Waals surface area contributed by atoms with Crippen molar-refractivity contribution in [2.24, 2.45) is 0 Å². The minimum absolute atomic E-state index is 0.0363. The van der Waals surface area contributed by atoms with Crippen molar-refractivity contribution >= 4 is 28.9 Å².